The van der Waals surface area contributed by atoms with Crippen molar-refractivity contribution in [1.82, 2.24) is 20.2 Å². The standard InChI is InChI=1S/C31H33N5O4S/c1-5-39-29(38)14-24(23-6-7-26-30(19(23)3)33-34-35(26)4)21-12-20-10-11-41-31(20)22(13-21)16-36-15-18(2)40-27-8-9-28(37)32-25(27)17-36/h6-13,18,24H,5,14-17H2,1-4H3,(H,32,37)/p+1/t18-,24?/m1/s1. The Morgan fingerprint density at radius 3 is 2.95 bits per heavy atom. The fraction of sp³-hybridized carbons (Fsp3) is 0.355. The normalized spacial score (nSPS) is 16.3. The summed E-state index contributed by atoms with van der Waals surface area (Å²) in [5.41, 5.74) is 6.89. The first-order chi connectivity index (χ1) is 19.8. The van der Waals surface area contributed by atoms with Crippen LogP contribution < -0.4 is 15.0 Å². The molecule has 212 valence electrons. The van der Waals surface area contributed by atoms with Crippen LogP contribution in [-0.2, 0) is 29.7 Å². The second-order valence-corrected chi connectivity index (χ2v) is 11.7. The molecular formula is C31H34N5O4S+. The van der Waals surface area contributed by atoms with Crippen LogP contribution in [0.15, 0.2) is 52.6 Å². The first-order valence-corrected chi connectivity index (χ1v) is 14.8. The van der Waals surface area contributed by atoms with Crippen molar-refractivity contribution in [2.45, 2.75) is 52.3 Å². The molecule has 0 amide bonds. The van der Waals surface area contributed by atoms with E-state index >= 15 is 0 Å². The number of hydrogen-bond acceptors (Lipinski definition) is 7. The largest absolute Gasteiger partial charge is 0.488 e. The molecule has 0 saturated heterocycles. The zero-order chi connectivity index (χ0) is 28.7. The molecule has 1 aliphatic rings. The second-order valence-electron chi connectivity index (χ2n) is 10.8. The highest BCUT2D eigenvalue weighted by atomic mass is 32.1. The van der Waals surface area contributed by atoms with Gasteiger partial charge in [0.05, 0.1) is 18.7 Å². The van der Waals surface area contributed by atoms with Crippen LogP contribution in [0.1, 0.15) is 54.1 Å². The summed E-state index contributed by atoms with van der Waals surface area (Å²) < 4.78 is 14.6. The fourth-order valence-corrected chi connectivity index (χ4v) is 6.85. The SMILES string of the molecule is CCOC(=O)CC(c1cc(CN2Cc3[nH]c(=O)ccc3O[C@H](C)C2)c2sccc2c1)c1ccc2c(n[nH][n+]2C)c1C. The summed E-state index contributed by atoms with van der Waals surface area (Å²) in [6, 6.07) is 14.0. The van der Waals surface area contributed by atoms with Gasteiger partial charge in [-0.05, 0) is 72.5 Å². The summed E-state index contributed by atoms with van der Waals surface area (Å²) in [5, 5.41) is 10.8. The Hall–Kier alpha value is -4.02. The van der Waals surface area contributed by atoms with E-state index in [1.807, 2.05) is 25.6 Å². The molecule has 5 aromatic rings. The van der Waals surface area contributed by atoms with Crippen molar-refractivity contribution < 1.29 is 19.0 Å². The summed E-state index contributed by atoms with van der Waals surface area (Å²) in [6.45, 7) is 8.25. The predicted molar refractivity (Wildman–Crippen MR) is 158 cm³/mol. The Bertz CT molecular complexity index is 1810. The summed E-state index contributed by atoms with van der Waals surface area (Å²) in [7, 11) is 1.93. The molecule has 4 heterocycles. The molecule has 2 atom stereocenters. The smallest absolute Gasteiger partial charge is 0.306 e. The third kappa shape index (κ3) is 5.37. The summed E-state index contributed by atoms with van der Waals surface area (Å²) in [6.07, 6.45) is 0.194. The number of carbonyl (C=O) groups is 1. The van der Waals surface area contributed by atoms with Gasteiger partial charge >= 0.3 is 5.97 Å². The minimum Gasteiger partial charge on any atom is -0.488 e. The highest BCUT2D eigenvalue weighted by Gasteiger charge is 2.27. The minimum atomic E-state index is -0.226. The van der Waals surface area contributed by atoms with E-state index < -0.39 is 0 Å². The molecular weight excluding hydrogens is 538 g/mol. The highest BCUT2D eigenvalue weighted by molar-refractivity contribution is 7.17. The molecule has 0 bridgehead atoms. The lowest BCUT2D eigenvalue weighted by atomic mass is 9.84. The number of nitrogens with zero attached hydrogens (tertiary/aromatic N) is 3. The highest BCUT2D eigenvalue weighted by Crippen LogP contribution is 2.37. The average molecular weight is 573 g/mol. The van der Waals surface area contributed by atoms with E-state index in [9.17, 15) is 9.59 Å². The number of ether oxygens (including phenoxy) is 2. The zero-order valence-electron chi connectivity index (χ0n) is 23.7. The number of pyridine rings is 1. The number of aromatic nitrogens is 4. The number of fused-ring (bicyclic) bond motifs is 3. The van der Waals surface area contributed by atoms with E-state index in [2.05, 4.69) is 62.8 Å². The van der Waals surface area contributed by atoms with Crippen molar-refractivity contribution in [2.75, 3.05) is 13.2 Å². The maximum Gasteiger partial charge on any atom is 0.306 e. The molecule has 10 heteroatoms. The van der Waals surface area contributed by atoms with Gasteiger partial charge in [-0.3, -0.25) is 14.5 Å². The number of benzene rings is 2. The molecule has 2 N–H and O–H groups in total. The van der Waals surface area contributed by atoms with Gasteiger partial charge in [0.2, 0.25) is 11.1 Å². The maximum absolute atomic E-state index is 12.9. The third-order valence-electron chi connectivity index (χ3n) is 7.81. The second kappa shape index (κ2) is 11.1. The number of esters is 1. The van der Waals surface area contributed by atoms with Gasteiger partial charge < -0.3 is 14.5 Å². The zero-order valence-corrected chi connectivity index (χ0v) is 24.5. The number of thiophene rings is 1. The number of carbonyl (C=O) groups excluding carboxylic acids is 1. The Kier molecular flexibility index (Phi) is 7.35. The van der Waals surface area contributed by atoms with E-state index in [4.69, 9.17) is 9.47 Å². The van der Waals surface area contributed by atoms with Crippen molar-refractivity contribution in [3.8, 4) is 5.75 Å². The predicted octanol–water partition coefficient (Wildman–Crippen LogP) is 4.47. The first kappa shape index (κ1) is 27.2. The van der Waals surface area contributed by atoms with E-state index in [0.29, 0.717) is 26.2 Å². The van der Waals surface area contributed by atoms with E-state index in [1.165, 1.54) is 16.3 Å². The van der Waals surface area contributed by atoms with Crippen LogP contribution in [0.2, 0.25) is 0 Å². The Labute approximate surface area is 241 Å². The minimum absolute atomic E-state index is 0.0368. The van der Waals surface area contributed by atoms with Crippen LogP contribution in [-0.4, -0.2) is 45.4 Å². The molecule has 41 heavy (non-hydrogen) atoms. The van der Waals surface area contributed by atoms with Crippen molar-refractivity contribution in [3.63, 3.8) is 0 Å². The molecule has 0 spiro atoms. The molecule has 1 unspecified atom stereocenters. The summed E-state index contributed by atoms with van der Waals surface area (Å²) in [5.74, 6) is 0.296. The number of aryl methyl sites for hydroxylation is 2. The molecule has 0 aliphatic carbocycles. The van der Waals surface area contributed by atoms with Gasteiger partial charge in [0.25, 0.3) is 5.52 Å². The van der Waals surface area contributed by atoms with Crippen LogP contribution in [0.3, 0.4) is 0 Å². The molecule has 0 fully saturated rings. The Morgan fingerprint density at radius 1 is 1.27 bits per heavy atom. The van der Waals surface area contributed by atoms with Gasteiger partial charge in [0, 0.05) is 47.0 Å². The van der Waals surface area contributed by atoms with E-state index in [0.717, 1.165) is 44.6 Å². The summed E-state index contributed by atoms with van der Waals surface area (Å²) in [4.78, 5) is 30.3. The monoisotopic (exact) mass is 572 g/mol. The topological polar surface area (TPSA) is 104 Å². The van der Waals surface area contributed by atoms with Gasteiger partial charge in [-0.25, -0.2) is 0 Å². The van der Waals surface area contributed by atoms with Crippen molar-refractivity contribution in [3.05, 3.63) is 86.1 Å². The van der Waals surface area contributed by atoms with Crippen molar-refractivity contribution in [2.24, 2.45) is 7.05 Å². The van der Waals surface area contributed by atoms with Crippen molar-refractivity contribution >= 4 is 38.4 Å². The Balaban J connectivity index is 1.42. The molecule has 9 nitrogen and oxygen atoms in total. The number of rotatable bonds is 7. The molecule has 0 saturated carbocycles. The average Bonchev–Trinajstić information content (AvgIpc) is 3.53. The van der Waals surface area contributed by atoms with Crippen LogP contribution in [0.5, 0.6) is 5.75 Å². The van der Waals surface area contributed by atoms with Crippen LogP contribution in [0, 0.1) is 6.92 Å². The van der Waals surface area contributed by atoms with Crippen molar-refractivity contribution in [1.29, 1.82) is 0 Å². The lowest BCUT2D eigenvalue weighted by Gasteiger charge is -2.24. The fourth-order valence-electron chi connectivity index (χ4n) is 5.96. The van der Waals surface area contributed by atoms with Crippen LogP contribution >= 0.6 is 11.3 Å². The van der Waals surface area contributed by atoms with E-state index in [1.54, 1.807) is 17.4 Å². The third-order valence-corrected chi connectivity index (χ3v) is 8.81. The van der Waals surface area contributed by atoms with Gasteiger partial charge in [-0.1, -0.05) is 17.3 Å². The van der Waals surface area contributed by atoms with Crippen LogP contribution in [0.4, 0.5) is 0 Å². The summed E-state index contributed by atoms with van der Waals surface area (Å²) >= 11 is 1.72. The molecule has 6 rings (SSSR count). The van der Waals surface area contributed by atoms with Crippen LogP contribution in [0.25, 0.3) is 21.1 Å². The van der Waals surface area contributed by atoms with Gasteiger partial charge in [0.15, 0.2) is 0 Å². The molecule has 1 aliphatic heterocycles. The molecule has 3 aromatic heterocycles. The molecule has 2 aromatic carbocycles. The number of nitrogens with one attached hydrogen (secondary N) is 2. The number of H-pyrrole nitrogens is 2. The van der Waals surface area contributed by atoms with Gasteiger partial charge in [0.1, 0.15) is 18.9 Å². The van der Waals surface area contributed by atoms with Gasteiger partial charge in [-0.2, -0.15) is 4.68 Å². The first-order valence-electron chi connectivity index (χ1n) is 13.9. The lowest BCUT2D eigenvalue weighted by molar-refractivity contribution is -0.707. The molecule has 0 radical (unpaired) electrons. The van der Waals surface area contributed by atoms with E-state index in [-0.39, 0.29) is 30.0 Å². The number of aromatic amines is 2. The Morgan fingerprint density at radius 2 is 2.12 bits per heavy atom. The van der Waals surface area contributed by atoms with Gasteiger partial charge in [-0.15, -0.1) is 11.3 Å². The quantitative estimate of drug-likeness (QED) is 0.220. The number of hydrogen-bond donors (Lipinski definition) is 2. The lowest BCUT2D eigenvalue weighted by Crippen LogP contribution is -2.30. The maximum atomic E-state index is 12.9.